The van der Waals surface area contributed by atoms with Gasteiger partial charge < -0.3 is 15.0 Å². The number of methoxy groups -OCH3 is 1. The van der Waals surface area contributed by atoms with Crippen LogP contribution in [0.1, 0.15) is 24.0 Å². The van der Waals surface area contributed by atoms with E-state index in [0.717, 1.165) is 37.6 Å². The third-order valence-corrected chi connectivity index (χ3v) is 4.54. The molecule has 3 nitrogen and oxygen atoms in total. The Bertz CT molecular complexity index is 452. The number of likely N-dealkylation sites (N-methyl/N-ethyl adjacent to an activating group) is 1. The summed E-state index contributed by atoms with van der Waals surface area (Å²) in [6.07, 6.45) is 4.91. The fourth-order valence-electron chi connectivity index (χ4n) is 3.49. The second-order valence-corrected chi connectivity index (χ2v) is 5.84. The van der Waals surface area contributed by atoms with Crippen molar-refractivity contribution in [3.8, 4) is 5.75 Å². The first-order chi connectivity index (χ1) is 9.29. The van der Waals surface area contributed by atoms with Crippen LogP contribution in [-0.2, 0) is 12.8 Å². The van der Waals surface area contributed by atoms with Gasteiger partial charge in [-0.2, -0.15) is 0 Å². The number of fused-ring (bicyclic) bond motifs is 1. The molecule has 0 aliphatic carbocycles. The Hall–Kier alpha value is -1.22. The zero-order valence-corrected chi connectivity index (χ0v) is 12.0. The number of rotatable bonds is 3. The maximum atomic E-state index is 5.73. The van der Waals surface area contributed by atoms with Gasteiger partial charge in [-0.05, 0) is 56.3 Å². The molecule has 2 aliphatic rings. The van der Waals surface area contributed by atoms with Gasteiger partial charge in [0.05, 0.1) is 7.11 Å². The SMILES string of the molecule is COc1c(CC2CCCNC2)ccc2c1CCN2C. The summed E-state index contributed by atoms with van der Waals surface area (Å²) in [5.74, 6) is 1.91. The van der Waals surface area contributed by atoms with E-state index in [2.05, 4.69) is 29.4 Å². The number of hydrogen-bond donors (Lipinski definition) is 1. The van der Waals surface area contributed by atoms with E-state index in [4.69, 9.17) is 4.74 Å². The standard InChI is InChI=1S/C16H24N2O/c1-18-9-7-14-15(18)6-5-13(16(14)19-2)10-12-4-3-8-17-11-12/h5-6,12,17H,3-4,7-11H2,1-2H3. The lowest BCUT2D eigenvalue weighted by Crippen LogP contribution is -2.30. The van der Waals surface area contributed by atoms with Crippen molar-refractivity contribution in [3.05, 3.63) is 23.3 Å². The maximum Gasteiger partial charge on any atom is 0.127 e. The van der Waals surface area contributed by atoms with E-state index >= 15 is 0 Å². The van der Waals surface area contributed by atoms with Gasteiger partial charge in [-0.3, -0.25) is 0 Å². The molecule has 1 atom stereocenters. The highest BCUT2D eigenvalue weighted by molar-refractivity contribution is 5.65. The number of ether oxygens (including phenoxy) is 1. The van der Waals surface area contributed by atoms with Gasteiger partial charge in [0.25, 0.3) is 0 Å². The van der Waals surface area contributed by atoms with E-state index in [1.54, 1.807) is 0 Å². The predicted octanol–water partition coefficient (Wildman–Crippen LogP) is 2.23. The van der Waals surface area contributed by atoms with Crippen LogP contribution in [-0.4, -0.2) is 33.8 Å². The third-order valence-electron chi connectivity index (χ3n) is 4.54. The van der Waals surface area contributed by atoms with Crippen LogP contribution in [0.4, 0.5) is 5.69 Å². The molecule has 2 heterocycles. The lowest BCUT2D eigenvalue weighted by atomic mass is 9.90. The Morgan fingerprint density at radius 2 is 2.32 bits per heavy atom. The molecule has 1 aromatic carbocycles. The highest BCUT2D eigenvalue weighted by atomic mass is 16.5. The number of nitrogens with zero attached hydrogens (tertiary/aromatic N) is 1. The van der Waals surface area contributed by atoms with E-state index in [-0.39, 0.29) is 0 Å². The van der Waals surface area contributed by atoms with Gasteiger partial charge in [0.1, 0.15) is 5.75 Å². The van der Waals surface area contributed by atoms with Crippen LogP contribution in [0.3, 0.4) is 0 Å². The van der Waals surface area contributed by atoms with Crippen molar-refractivity contribution >= 4 is 5.69 Å². The molecule has 1 aromatic rings. The number of anilines is 1. The summed E-state index contributed by atoms with van der Waals surface area (Å²) in [4.78, 5) is 2.32. The summed E-state index contributed by atoms with van der Waals surface area (Å²) in [6.45, 7) is 3.45. The van der Waals surface area contributed by atoms with Gasteiger partial charge >= 0.3 is 0 Å². The number of hydrogen-bond acceptors (Lipinski definition) is 3. The highest BCUT2D eigenvalue weighted by Gasteiger charge is 2.23. The highest BCUT2D eigenvalue weighted by Crippen LogP contribution is 2.38. The lowest BCUT2D eigenvalue weighted by molar-refractivity contribution is 0.363. The molecule has 1 saturated heterocycles. The minimum Gasteiger partial charge on any atom is -0.496 e. The normalized spacial score (nSPS) is 22.4. The molecule has 0 radical (unpaired) electrons. The molecule has 2 aliphatic heterocycles. The molecule has 1 fully saturated rings. The van der Waals surface area contributed by atoms with Crippen LogP contribution < -0.4 is 15.0 Å². The van der Waals surface area contributed by atoms with E-state index < -0.39 is 0 Å². The van der Waals surface area contributed by atoms with E-state index in [0.29, 0.717) is 0 Å². The molecule has 0 aromatic heterocycles. The molecule has 19 heavy (non-hydrogen) atoms. The zero-order valence-electron chi connectivity index (χ0n) is 12.0. The Kier molecular flexibility index (Phi) is 3.65. The van der Waals surface area contributed by atoms with Crippen LogP contribution in [0.25, 0.3) is 0 Å². The van der Waals surface area contributed by atoms with Gasteiger partial charge in [-0.15, -0.1) is 0 Å². The summed E-state index contributed by atoms with van der Waals surface area (Å²) in [6, 6.07) is 4.55. The minimum atomic E-state index is 0.764. The lowest BCUT2D eigenvalue weighted by Gasteiger charge is -2.24. The second kappa shape index (κ2) is 5.41. The quantitative estimate of drug-likeness (QED) is 0.902. The van der Waals surface area contributed by atoms with Gasteiger partial charge in [0.15, 0.2) is 0 Å². The largest absolute Gasteiger partial charge is 0.496 e. The number of nitrogens with one attached hydrogen (secondary N) is 1. The number of piperidine rings is 1. The Labute approximate surface area is 115 Å². The average Bonchev–Trinajstić information content (AvgIpc) is 2.82. The zero-order chi connectivity index (χ0) is 13.2. The first-order valence-electron chi connectivity index (χ1n) is 7.40. The van der Waals surface area contributed by atoms with Gasteiger partial charge in [0, 0.05) is 24.8 Å². The first kappa shape index (κ1) is 12.8. The van der Waals surface area contributed by atoms with Crippen molar-refractivity contribution < 1.29 is 4.74 Å². The molecule has 1 unspecified atom stereocenters. The van der Waals surface area contributed by atoms with Crippen LogP contribution in [0.2, 0.25) is 0 Å². The fraction of sp³-hybridized carbons (Fsp3) is 0.625. The predicted molar refractivity (Wildman–Crippen MR) is 79.3 cm³/mol. The van der Waals surface area contributed by atoms with Crippen molar-refractivity contribution in [2.24, 2.45) is 5.92 Å². The van der Waals surface area contributed by atoms with E-state index in [1.165, 1.54) is 36.2 Å². The van der Waals surface area contributed by atoms with Crippen molar-refractivity contribution in [3.63, 3.8) is 0 Å². The smallest absolute Gasteiger partial charge is 0.127 e. The molecule has 0 saturated carbocycles. The molecule has 3 heteroatoms. The second-order valence-electron chi connectivity index (χ2n) is 5.84. The topological polar surface area (TPSA) is 24.5 Å². The maximum absolute atomic E-state index is 5.73. The Balaban J connectivity index is 1.85. The average molecular weight is 260 g/mol. The Morgan fingerprint density at radius 3 is 3.05 bits per heavy atom. The first-order valence-corrected chi connectivity index (χ1v) is 7.40. The molecule has 0 spiro atoms. The van der Waals surface area contributed by atoms with Crippen molar-refractivity contribution in [2.45, 2.75) is 25.7 Å². The minimum absolute atomic E-state index is 0.764. The number of benzene rings is 1. The van der Waals surface area contributed by atoms with Crippen molar-refractivity contribution in [1.82, 2.24) is 5.32 Å². The molecule has 0 amide bonds. The van der Waals surface area contributed by atoms with Gasteiger partial charge in [-0.1, -0.05) is 6.07 Å². The molecule has 0 bridgehead atoms. The summed E-state index contributed by atoms with van der Waals surface area (Å²) >= 11 is 0. The van der Waals surface area contributed by atoms with Gasteiger partial charge in [-0.25, -0.2) is 0 Å². The molecule has 3 rings (SSSR count). The summed E-state index contributed by atoms with van der Waals surface area (Å²) < 4.78 is 5.73. The Morgan fingerprint density at radius 1 is 1.42 bits per heavy atom. The van der Waals surface area contributed by atoms with Crippen LogP contribution in [0, 0.1) is 5.92 Å². The van der Waals surface area contributed by atoms with Crippen LogP contribution in [0.15, 0.2) is 12.1 Å². The molecule has 104 valence electrons. The summed E-state index contributed by atoms with van der Waals surface area (Å²) in [5, 5.41) is 3.50. The summed E-state index contributed by atoms with van der Waals surface area (Å²) in [5.41, 5.74) is 4.15. The van der Waals surface area contributed by atoms with Crippen molar-refractivity contribution in [1.29, 1.82) is 0 Å². The van der Waals surface area contributed by atoms with Crippen LogP contribution >= 0.6 is 0 Å². The van der Waals surface area contributed by atoms with Crippen molar-refractivity contribution in [2.75, 3.05) is 38.7 Å². The van der Waals surface area contributed by atoms with E-state index in [9.17, 15) is 0 Å². The molecule has 1 N–H and O–H groups in total. The fourth-order valence-corrected chi connectivity index (χ4v) is 3.49. The van der Waals surface area contributed by atoms with Crippen LogP contribution in [0.5, 0.6) is 5.75 Å². The van der Waals surface area contributed by atoms with Gasteiger partial charge in [0.2, 0.25) is 0 Å². The molecular formula is C16H24N2O. The summed E-state index contributed by atoms with van der Waals surface area (Å²) in [7, 11) is 3.98. The third kappa shape index (κ3) is 2.44. The monoisotopic (exact) mass is 260 g/mol. The molecular weight excluding hydrogens is 236 g/mol. The van der Waals surface area contributed by atoms with E-state index in [1.807, 2.05) is 7.11 Å².